The SMILES string of the molecule is C#CCCOc1cc(C)nc(C#N)c1. The molecule has 1 heterocycles. The van der Waals surface area contributed by atoms with Crippen molar-refractivity contribution in [3.63, 3.8) is 0 Å². The third-order valence-corrected chi connectivity index (χ3v) is 1.56. The van der Waals surface area contributed by atoms with E-state index in [0.717, 1.165) is 5.69 Å². The summed E-state index contributed by atoms with van der Waals surface area (Å²) in [5, 5.41) is 8.66. The van der Waals surface area contributed by atoms with Crippen LogP contribution in [0.2, 0.25) is 0 Å². The van der Waals surface area contributed by atoms with Gasteiger partial charge in [-0.3, -0.25) is 0 Å². The van der Waals surface area contributed by atoms with E-state index < -0.39 is 0 Å². The van der Waals surface area contributed by atoms with Crippen molar-refractivity contribution in [3.05, 3.63) is 23.5 Å². The van der Waals surface area contributed by atoms with Gasteiger partial charge in [0.2, 0.25) is 0 Å². The zero-order valence-electron chi connectivity index (χ0n) is 7.95. The minimum absolute atomic E-state index is 0.362. The summed E-state index contributed by atoms with van der Waals surface area (Å²) in [5.41, 5.74) is 1.13. The number of pyridine rings is 1. The lowest BCUT2D eigenvalue weighted by atomic mass is 10.3. The molecule has 14 heavy (non-hydrogen) atoms. The van der Waals surface area contributed by atoms with Gasteiger partial charge in [-0.2, -0.15) is 5.26 Å². The number of nitriles is 1. The summed E-state index contributed by atoms with van der Waals surface area (Å²) in [6, 6.07) is 5.34. The zero-order chi connectivity index (χ0) is 10.4. The first kappa shape index (κ1) is 10.1. The van der Waals surface area contributed by atoms with Crippen LogP contribution in [0.25, 0.3) is 0 Å². The van der Waals surface area contributed by atoms with E-state index in [4.69, 9.17) is 16.4 Å². The second kappa shape index (κ2) is 4.89. The van der Waals surface area contributed by atoms with Gasteiger partial charge in [-0.15, -0.1) is 12.3 Å². The molecule has 1 aromatic heterocycles. The fourth-order valence-electron chi connectivity index (χ4n) is 1.01. The molecule has 0 atom stereocenters. The van der Waals surface area contributed by atoms with Gasteiger partial charge >= 0.3 is 0 Å². The van der Waals surface area contributed by atoms with Gasteiger partial charge in [0.25, 0.3) is 0 Å². The van der Waals surface area contributed by atoms with Gasteiger partial charge in [0.05, 0.1) is 6.61 Å². The largest absolute Gasteiger partial charge is 0.492 e. The van der Waals surface area contributed by atoms with E-state index in [0.29, 0.717) is 24.5 Å². The molecule has 0 saturated carbocycles. The van der Waals surface area contributed by atoms with E-state index >= 15 is 0 Å². The quantitative estimate of drug-likeness (QED) is 0.532. The van der Waals surface area contributed by atoms with Crippen LogP contribution < -0.4 is 4.74 Å². The molecular formula is C11H10N2O. The fourth-order valence-corrected chi connectivity index (χ4v) is 1.01. The van der Waals surface area contributed by atoms with Crippen LogP contribution >= 0.6 is 0 Å². The van der Waals surface area contributed by atoms with Gasteiger partial charge in [0.15, 0.2) is 0 Å². The number of aryl methyl sites for hydroxylation is 1. The molecule has 0 aliphatic rings. The van der Waals surface area contributed by atoms with Crippen molar-refractivity contribution in [2.75, 3.05) is 6.61 Å². The van der Waals surface area contributed by atoms with E-state index in [2.05, 4.69) is 10.9 Å². The van der Waals surface area contributed by atoms with E-state index in [1.54, 1.807) is 12.1 Å². The maximum absolute atomic E-state index is 8.66. The molecule has 0 spiro atoms. The molecule has 0 amide bonds. The van der Waals surface area contributed by atoms with Gasteiger partial charge in [0.1, 0.15) is 17.5 Å². The van der Waals surface area contributed by atoms with Crippen LogP contribution in [0.3, 0.4) is 0 Å². The lowest BCUT2D eigenvalue weighted by molar-refractivity contribution is 0.326. The summed E-state index contributed by atoms with van der Waals surface area (Å²) in [5.74, 6) is 3.12. The summed E-state index contributed by atoms with van der Waals surface area (Å²) in [7, 11) is 0. The van der Waals surface area contributed by atoms with Crippen LogP contribution in [-0.4, -0.2) is 11.6 Å². The third kappa shape index (κ3) is 2.80. The molecule has 0 aromatic carbocycles. The smallest absolute Gasteiger partial charge is 0.144 e. The van der Waals surface area contributed by atoms with E-state index in [9.17, 15) is 0 Å². The first-order chi connectivity index (χ1) is 6.76. The van der Waals surface area contributed by atoms with Gasteiger partial charge in [-0.05, 0) is 6.92 Å². The highest BCUT2D eigenvalue weighted by Crippen LogP contribution is 2.13. The van der Waals surface area contributed by atoms with Crippen LogP contribution in [0.4, 0.5) is 0 Å². The lowest BCUT2D eigenvalue weighted by Crippen LogP contribution is -1.97. The molecule has 70 valence electrons. The van der Waals surface area contributed by atoms with Crippen molar-refractivity contribution in [2.24, 2.45) is 0 Å². The minimum atomic E-state index is 0.362. The van der Waals surface area contributed by atoms with Gasteiger partial charge in [0, 0.05) is 24.2 Å². The summed E-state index contributed by atoms with van der Waals surface area (Å²) in [6.45, 7) is 2.28. The van der Waals surface area contributed by atoms with E-state index in [-0.39, 0.29) is 0 Å². The van der Waals surface area contributed by atoms with Crippen LogP contribution in [0, 0.1) is 30.6 Å². The van der Waals surface area contributed by atoms with Crippen LogP contribution in [-0.2, 0) is 0 Å². The predicted molar refractivity (Wildman–Crippen MR) is 52.6 cm³/mol. The van der Waals surface area contributed by atoms with Gasteiger partial charge in [-0.25, -0.2) is 4.98 Å². The summed E-state index contributed by atoms with van der Waals surface area (Å²) in [6.07, 6.45) is 5.64. The zero-order valence-corrected chi connectivity index (χ0v) is 7.95. The van der Waals surface area contributed by atoms with Gasteiger partial charge in [-0.1, -0.05) is 0 Å². The maximum atomic E-state index is 8.66. The molecule has 0 N–H and O–H groups in total. The Balaban J connectivity index is 2.74. The summed E-state index contributed by atoms with van der Waals surface area (Å²) >= 11 is 0. The second-order valence-electron chi connectivity index (χ2n) is 2.74. The van der Waals surface area contributed by atoms with E-state index in [1.807, 2.05) is 13.0 Å². The predicted octanol–water partition coefficient (Wildman–Crippen LogP) is 1.66. The van der Waals surface area contributed by atoms with Gasteiger partial charge < -0.3 is 4.74 Å². The number of terminal acetylenes is 1. The standard InChI is InChI=1S/C11H10N2O/c1-3-4-5-14-11-6-9(2)13-10(7-11)8-12/h1,6-7H,4-5H2,2H3. The highest BCUT2D eigenvalue weighted by Gasteiger charge is 1.99. The van der Waals surface area contributed by atoms with Crippen LogP contribution in [0.1, 0.15) is 17.8 Å². The molecule has 3 heteroatoms. The maximum Gasteiger partial charge on any atom is 0.144 e. The molecule has 0 saturated heterocycles. The average Bonchev–Trinajstić information content (AvgIpc) is 2.17. The number of ether oxygens (including phenoxy) is 1. The number of rotatable bonds is 3. The lowest BCUT2D eigenvalue weighted by Gasteiger charge is -2.04. The fraction of sp³-hybridized carbons (Fsp3) is 0.273. The molecule has 0 radical (unpaired) electrons. The second-order valence-corrected chi connectivity index (χ2v) is 2.74. The number of aromatic nitrogens is 1. The number of nitrogens with zero attached hydrogens (tertiary/aromatic N) is 2. The molecule has 0 aliphatic heterocycles. The van der Waals surface area contributed by atoms with Crippen molar-refractivity contribution < 1.29 is 4.74 Å². The Morgan fingerprint density at radius 2 is 2.36 bits per heavy atom. The number of hydrogen-bond acceptors (Lipinski definition) is 3. The molecular weight excluding hydrogens is 176 g/mol. The monoisotopic (exact) mass is 186 g/mol. The van der Waals surface area contributed by atoms with E-state index in [1.165, 1.54) is 0 Å². The molecule has 0 bridgehead atoms. The highest BCUT2D eigenvalue weighted by molar-refractivity contribution is 5.32. The molecule has 0 fully saturated rings. The molecule has 3 nitrogen and oxygen atoms in total. The molecule has 1 rings (SSSR count). The Morgan fingerprint density at radius 3 is 3.00 bits per heavy atom. The Morgan fingerprint density at radius 1 is 1.57 bits per heavy atom. The average molecular weight is 186 g/mol. The topological polar surface area (TPSA) is 45.9 Å². The van der Waals surface area contributed by atoms with Crippen molar-refractivity contribution in [1.82, 2.24) is 4.98 Å². The van der Waals surface area contributed by atoms with Crippen LogP contribution in [0.5, 0.6) is 5.75 Å². The van der Waals surface area contributed by atoms with Crippen LogP contribution in [0.15, 0.2) is 12.1 Å². The molecule has 0 aliphatic carbocycles. The first-order valence-corrected chi connectivity index (χ1v) is 4.21. The Kier molecular flexibility index (Phi) is 3.52. The Bertz CT molecular complexity index is 399. The number of hydrogen-bond donors (Lipinski definition) is 0. The Labute approximate surface area is 83.3 Å². The first-order valence-electron chi connectivity index (χ1n) is 4.21. The molecule has 0 unspecified atom stereocenters. The summed E-state index contributed by atoms with van der Waals surface area (Å²) in [4.78, 5) is 4.00. The third-order valence-electron chi connectivity index (χ3n) is 1.56. The van der Waals surface area contributed by atoms with Crippen molar-refractivity contribution in [2.45, 2.75) is 13.3 Å². The summed E-state index contributed by atoms with van der Waals surface area (Å²) < 4.78 is 5.34. The van der Waals surface area contributed by atoms with Crippen molar-refractivity contribution in [3.8, 4) is 24.2 Å². The highest BCUT2D eigenvalue weighted by atomic mass is 16.5. The molecule has 1 aromatic rings. The van der Waals surface area contributed by atoms with Crippen molar-refractivity contribution >= 4 is 0 Å². The normalized spacial score (nSPS) is 8.79. The van der Waals surface area contributed by atoms with Crippen molar-refractivity contribution in [1.29, 1.82) is 5.26 Å². The minimum Gasteiger partial charge on any atom is -0.492 e. The Hall–Kier alpha value is -2.00.